The Morgan fingerprint density at radius 3 is 2.79 bits per heavy atom. The molecule has 1 amide bonds. The molecule has 0 aliphatic carbocycles. The summed E-state index contributed by atoms with van der Waals surface area (Å²) in [6, 6.07) is 10.1. The summed E-state index contributed by atoms with van der Waals surface area (Å²) in [6.07, 6.45) is 6.70. The largest absolute Gasteiger partial charge is 0.464 e. The van der Waals surface area contributed by atoms with Crippen molar-refractivity contribution in [3.05, 3.63) is 54.0 Å². The van der Waals surface area contributed by atoms with Gasteiger partial charge in [0.25, 0.3) is 0 Å². The summed E-state index contributed by atoms with van der Waals surface area (Å²) >= 11 is 0. The number of piperidine rings is 2. The Morgan fingerprint density at radius 2 is 2.00 bits per heavy atom. The number of methoxy groups -OCH3 is 1. The number of benzene rings is 1. The van der Waals surface area contributed by atoms with E-state index in [4.69, 9.17) is 4.74 Å². The molecule has 1 aromatic heterocycles. The molecular weight excluding hydrogens is 368 g/mol. The van der Waals surface area contributed by atoms with E-state index in [0.29, 0.717) is 18.8 Å². The first-order valence-corrected chi connectivity index (χ1v) is 10.1. The average molecular weight is 394 g/mol. The summed E-state index contributed by atoms with van der Waals surface area (Å²) in [6.45, 7) is 3.08. The van der Waals surface area contributed by atoms with Crippen LogP contribution in [-0.4, -0.2) is 53.5 Å². The highest BCUT2D eigenvalue weighted by atomic mass is 16.5. The average Bonchev–Trinajstić information content (AvgIpc) is 2.77. The zero-order valence-electron chi connectivity index (χ0n) is 16.7. The van der Waals surface area contributed by atoms with Gasteiger partial charge < -0.3 is 14.5 Å². The number of amides is 1. The number of carbonyl (C=O) groups excluding carboxylic acids is 2. The van der Waals surface area contributed by atoms with E-state index in [1.807, 2.05) is 23.1 Å². The van der Waals surface area contributed by atoms with E-state index >= 15 is 0 Å². The van der Waals surface area contributed by atoms with Crippen molar-refractivity contribution in [1.29, 1.82) is 0 Å². The fraction of sp³-hybridized carbons (Fsp3) is 0.455. The van der Waals surface area contributed by atoms with Crippen LogP contribution >= 0.6 is 0 Å². The molecule has 0 bridgehead atoms. The molecule has 2 fully saturated rings. The second-order valence-corrected chi connectivity index (χ2v) is 8.01. The number of ether oxygens (including phenoxy) is 1. The van der Waals surface area contributed by atoms with Crippen molar-refractivity contribution < 1.29 is 14.3 Å². The number of carbonyl (C=O) groups is 2. The molecule has 0 unspecified atom stereocenters. The SMILES string of the molecule is COC(=O)c1cncc(N2CCC[C@]3(CCC(=O)N(Cc4ccccc4)C3)C2)n1. The van der Waals surface area contributed by atoms with Crippen LogP contribution in [0.3, 0.4) is 0 Å². The monoisotopic (exact) mass is 394 g/mol. The van der Waals surface area contributed by atoms with Crippen molar-refractivity contribution in [2.45, 2.75) is 32.2 Å². The summed E-state index contributed by atoms with van der Waals surface area (Å²) < 4.78 is 4.77. The van der Waals surface area contributed by atoms with Gasteiger partial charge in [0.15, 0.2) is 5.69 Å². The van der Waals surface area contributed by atoms with Crippen LogP contribution in [-0.2, 0) is 16.1 Å². The van der Waals surface area contributed by atoms with Crippen molar-refractivity contribution in [2.24, 2.45) is 5.41 Å². The molecule has 2 aliphatic heterocycles. The quantitative estimate of drug-likeness (QED) is 0.742. The third-order valence-electron chi connectivity index (χ3n) is 5.97. The molecule has 1 atom stereocenters. The third kappa shape index (κ3) is 4.23. The molecular formula is C22H26N4O3. The van der Waals surface area contributed by atoms with Gasteiger partial charge in [-0.05, 0) is 24.8 Å². The molecule has 0 radical (unpaired) electrons. The van der Waals surface area contributed by atoms with Gasteiger partial charge in [0.1, 0.15) is 5.82 Å². The smallest absolute Gasteiger partial charge is 0.358 e. The molecule has 0 N–H and O–H groups in total. The summed E-state index contributed by atoms with van der Waals surface area (Å²) in [5.41, 5.74) is 1.42. The summed E-state index contributed by atoms with van der Waals surface area (Å²) in [7, 11) is 1.34. The van der Waals surface area contributed by atoms with Crippen LogP contribution in [0.4, 0.5) is 5.82 Å². The van der Waals surface area contributed by atoms with Gasteiger partial charge in [0, 0.05) is 38.0 Å². The van der Waals surface area contributed by atoms with E-state index in [-0.39, 0.29) is 17.0 Å². The maximum Gasteiger partial charge on any atom is 0.358 e. The van der Waals surface area contributed by atoms with Crippen LogP contribution in [0.25, 0.3) is 0 Å². The second-order valence-electron chi connectivity index (χ2n) is 8.01. The van der Waals surface area contributed by atoms with Crippen LogP contribution in [0.2, 0.25) is 0 Å². The minimum absolute atomic E-state index is 0.0455. The molecule has 7 nitrogen and oxygen atoms in total. The van der Waals surface area contributed by atoms with E-state index in [2.05, 4.69) is 27.0 Å². The van der Waals surface area contributed by atoms with Crippen molar-refractivity contribution in [3.63, 3.8) is 0 Å². The van der Waals surface area contributed by atoms with Gasteiger partial charge in [0.2, 0.25) is 5.91 Å². The number of esters is 1. The molecule has 3 heterocycles. The van der Waals surface area contributed by atoms with Gasteiger partial charge in [-0.3, -0.25) is 9.78 Å². The third-order valence-corrected chi connectivity index (χ3v) is 5.97. The Labute approximate surface area is 170 Å². The Bertz CT molecular complexity index is 889. The Balaban J connectivity index is 1.51. The molecule has 152 valence electrons. The Kier molecular flexibility index (Phi) is 5.47. The standard InChI is InChI=1S/C22H26N4O3/c1-29-21(28)18-12-23-13-19(24-18)25-11-5-9-22(15-25)10-8-20(27)26(16-22)14-17-6-3-2-4-7-17/h2-4,6-7,12-13H,5,8-11,14-16H2,1H3/t22-/m0/s1. The fourth-order valence-corrected chi connectivity index (χ4v) is 4.50. The minimum atomic E-state index is -0.483. The Morgan fingerprint density at radius 1 is 1.17 bits per heavy atom. The minimum Gasteiger partial charge on any atom is -0.464 e. The van der Waals surface area contributed by atoms with E-state index in [9.17, 15) is 9.59 Å². The predicted octanol–water partition coefficient (Wildman–Crippen LogP) is 2.67. The lowest BCUT2D eigenvalue weighted by Crippen LogP contribution is -2.54. The molecule has 2 aromatic rings. The number of nitrogens with zero attached hydrogens (tertiary/aromatic N) is 4. The fourth-order valence-electron chi connectivity index (χ4n) is 4.50. The first-order valence-electron chi connectivity index (χ1n) is 10.1. The van der Waals surface area contributed by atoms with Gasteiger partial charge in [-0.25, -0.2) is 9.78 Å². The molecule has 4 rings (SSSR count). The highest BCUT2D eigenvalue weighted by molar-refractivity contribution is 5.87. The van der Waals surface area contributed by atoms with Gasteiger partial charge in [-0.1, -0.05) is 30.3 Å². The number of hydrogen-bond acceptors (Lipinski definition) is 6. The first kappa shape index (κ1) is 19.4. The van der Waals surface area contributed by atoms with Crippen LogP contribution < -0.4 is 4.90 Å². The normalized spacial score (nSPS) is 22.0. The number of anilines is 1. The van der Waals surface area contributed by atoms with Gasteiger partial charge in [-0.2, -0.15) is 0 Å². The van der Waals surface area contributed by atoms with Gasteiger partial charge in [0.05, 0.1) is 19.5 Å². The van der Waals surface area contributed by atoms with E-state index < -0.39 is 5.97 Å². The van der Waals surface area contributed by atoms with Crippen molar-refractivity contribution >= 4 is 17.7 Å². The van der Waals surface area contributed by atoms with Gasteiger partial charge in [-0.15, -0.1) is 0 Å². The van der Waals surface area contributed by atoms with Crippen molar-refractivity contribution in [3.8, 4) is 0 Å². The lowest BCUT2D eigenvalue weighted by Gasteiger charge is -2.48. The van der Waals surface area contributed by atoms with Crippen LogP contribution in [0.15, 0.2) is 42.7 Å². The number of hydrogen-bond donors (Lipinski definition) is 0. The number of aromatic nitrogens is 2. The molecule has 1 aromatic carbocycles. The first-order chi connectivity index (χ1) is 14.1. The summed E-state index contributed by atoms with van der Waals surface area (Å²) in [5.74, 6) is 0.436. The highest BCUT2D eigenvalue weighted by Crippen LogP contribution is 2.40. The molecule has 2 saturated heterocycles. The Hall–Kier alpha value is -2.96. The van der Waals surface area contributed by atoms with Crippen LogP contribution in [0, 0.1) is 5.41 Å². The van der Waals surface area contributed by atoms with E-state index in [1.165, 1.54) is 13.3 Å². The lowest BCUT2D eigenvalue weighted by molar-refractivity contribution is -0.138. The number of likely N-dealkylation sites (tertiary alicyclic amines) is 1. The summed E-state index contributed by atoms with van der Waals surface area (Å²) in [5, 5.41) is 0. The predicted molar refractivity (Wildman–Crippen MR) is 108 cm³/mol. The van der Waals surface area contributed by atoms with Crippen LogP contribution in [0.1, 0.15) is 41.7 Å². The van der Waals surface area contributed by atoms with Gasteiger partial charge >= 0.3 is 5.97 Å². The number of rotatable bonds is 4. The molecule has 0 saturated carbocycles. The maximum atomic E-state index is 12.6. The van der Waals surface area contributed by atoms with E-state index in [1.54, 1.807) is 6.20 Å². The molecule has 2 aliphatic rings. The van der Waals surface area contributed by atoms with E-state index in [0.717, 1.165) is 44.5 Å². The second kappa shape index (κ2) is 8.19. The topological polar surface area (TPSA) is 75.6 Å². The highest BCUT2D eigenvalue weighted by Gasteiger charge is 2.42. The lowest BCUT2D eigenvalue weighted by atomic mass is 9.73. The zero-order valence-corrected chi connectivity index (χ0v) is 16.7. The molecule has 1 spiro atoms. The maximum absolute atomic E-state index is 12.6. The molecule has 7 heteroatoms. The van der Waals surface area contributed by atoms with Crippen molar-refractivity contribution in [1.82, 2.24) is 14.9 Å². The van der Waals surface area contributed by atoms with Crippen molar-refractivity contribution in [2.75, 3.05) is 31.6 Å². The summed E-state index contributed by atoms with van der Waals surface area (Å²) in [4.78, 5) is 37.2. The van der Waals surface area contributed by atoms with Crippen LogP contribution in [0.5, 0.6) is 0 Å². The molecule has 29 heavy (non-hydrogen) atoms. The zero-order chi connectivity index (χ0) is 20.3.